The van der Waals surface area contributed by atoms with Crippen molar-refractivity contribution < 1.29 is 23.8 Å². The number of esters is 1. The van der Waals surface area contributed by atoms with Crippen LogP contribution in [0.3, 0.4) is 0 Å². The zero-order chi connectivity index (χ0) is 24.4. The number of rotatable bonds is 6. The van der Waals surface area contributed by atoms with E-state index in [1.165, 1.54) is 18.9 Å². The van der Waals surface area contributed by atoms with Crippen LogP contribution in [0.1, 0.15) is 29.1 Å². The zero-order valence-electron chi connectivity index (χ0n) is 18.9. The molecular formula is C23H22ClN5O5. The van der Waals surface area contributed by atoms with Crippen molar-refractivity contribution in [3.05, 3.63) is 70.1 Å². The summed E-state index contributed by atoms with van der Waals surface area (Å²) in [6, 6.07) is 11.2. The van der Waals surface area contributed by atoms with E-state index >= 15 is 0 Å². The van der Waals surface area contributed by atoms with Crippen molar-refractivity contribution in [3.63, 3.8) is 0 Å². The normalized spacial score (nSPS) is 14.7. The summed E-state index contributed by atoms with van der Waals surface area (Å²) in [6.45, 7) is 1.74. The molecule has 0 saturated carbocycles. The Kier molecular flexibility index (Phi) is 6.42. The van der Waals surface area contributed by atoms with Gasteiger partial charge in [0.2, 0.25) is 5.95 Å². The molecule has 34 heavy (non-hydrogen) atoms. The Bertz CT molecular complexity index is 1290. The van der Waals surface area contributed by atoms with E-state index in [0.29, 0.717) is 39.0 Å². The molecule has 4 rings (SSSR count). The van der Waals surface area contributed by atoms with E-state index in [4.69, 9.17) is 25.8 Å². The minimum atomic E-state index is -0.792. The van der Waals surface area contributed by atoms with E-state index in [1.54, 1.807) is 56.5 Å². The molecule has 1 unspecified atom stereocenters. The van der Waals surface area contributed by atoms with E-state index in [0.717, 1.165) is 0 Å². The highest BCUT2D eigenvalue weighted by Crippen LogP contribution is 2.41. The third-order valence-electron chi connectivity index (χ3n) is 5.30. The van der Waals surface area contributed by atoms with Gasteiger partial charge >= 0.3 is 5.97 Å². The molecule has 1 aliphatic rings. The summed E-state index contributed by atoms with van der Waals surface area (Å²) in [6.07, 6.45) is 0. The number of fused-ring (bicyclic) bond motifs is 1. The van der Waals surface area contributed by atoms with Gasteiger partial charge in [-0.25, -0.2) is 9.48 Å². The average molecular weight is 484 g/mol. The molecule has 1 aliphatic heterocycles. The first kappa shape index (κ1) is 23.1. The molecular weight excluding hydrogens is 462 g/mol. The lowest BCUT2D eigenvalue weighted by Gasteiger charge is -2.29. The fourth-order valence-electron chi connectivity index (χ4n) is 3.70. The number of benzene rings is 2. The first-order valence-electron chi connectivity index (χ1n) is 10.2. The molecule has 0 radical (unpaired) electrons. The van der Waals surface area contributed by atoms with E-state index in [2.05, 4.69) is 20.7 Å². The molecule has 2 heterocycles. The lowest BCUT2D eigenvalue weighted by molar-refractivity contribution is -0.113. The van der Waals surface area contributed by atoms with Crippen LogP contribution in [0.5, 0.6) is 11.5 Å². The quantitative estimate of drug-likeness (QED) is 0.510. The fraction of sp³-hybridized carbons (Fsp3) is 0.217. The molecule has 2 N–H and O–H groups in total. The number of hydrogen-bond acceptors (Lipinski definition) is 8. The van der Waals surface area contributed by atoms with Crippen LogP contribution in [0, 0.1) is 0 Å². The minimum Gasteiger partial charge on any atom is -0.497 e. The number of carbonyl (C=O) groups is 2. The highest BCUT2D eigenvalue weighted by molar-refractivity contribution is 6.30. The number of ether oxygens (including phenoxy) is 3. The van der Waals surface area contributed by atoms with E-state index in [1.807, 2.05) is 0 Å². The van der Waals surface area contributed by atoms with Crippen molar-refractivity contribution in [2.75, 3.05) is 32.0 Å². The van der Waals surface area contributed by atoms with Crippen molar-refractivity contribution in [1.82, 2.24) is 14.8 Å². The number of halogens is 1. The second kappa shape index (κ2) is 9.44. The summed E-state index contributed by atoms with van der Waals surface area (Å²) < 4.78 is 17.2. The molecule has 1 amide bonds. The molecule has 0 aliphatic carbocycles. The molecule has 10 nitrogen and oxygen atoms in total. The topological polar surface area (TPSA) is 117 Å². The van der Waals surface area contributed by atoms with Crippen molar-refractivity contribution >= 4 is 35.1 Å². The van der Waals surface area contributed by atoms with Crippen LogP contribution >= 0.6 is 11.6 Å². The number of carbonyl (C=O) groups excluding carboxylic acids is 2. The molecule has 11 heteroatoms. The van der Waals surface area contributed by atoms with Crippen LogP contribution in [-0.4, -0.2) is 48.0 Å². The van der Waals surface area contributed by atoms with Gasteiger partial charge in [-0.1, -0.05) is 11.6 Å². The minimum absolute atomic E-state index is 0.149. The first-order valence-corrected chi connectivity index (χ1v) is 10.6. The van der Waals surface area contributed by atoms with Gasteiger partial charge < -0.3 is 24.8 Å². The third kappa shape index (κ3) is 4.27. The molecule has 1 atom stereocenters. The van der Waals surface area contributed by atoms with Gasteiger partial charge in [-0.3, -0.25) is 4.79 Å². The molecule has 3 aromatic rings. The summed E-state index contributed by atoms with van der Waals surface area (Å²) in [4.78, 5) is 29.9. The lowest BCUT2D eigenvalue weighted by atomic mass is 9.94. The third-order valence-corrected chi connectivity index (χ3v) is 5.55. The number of hydrogen-bond donors (Lipinski definition) is 2. The second-order valence-corrected chi connectivity index (χ2v) is 7.77. The maximum absolute atomic E-state index is 13.5. The maximum atomic E-state index is 13.5. The van der Waals surface area contributed by atoms with Crippen molar-refractivity contribution in [2.45, 2.75) is 13.0 Å². The number of methoxy groups -OCH3 is 3. The Labute approximate surface area is 200 Å². The zero-order valence-corrected chi connectivity index (χ0v) is 19.6. The summed E-state index contributed by atoms with van der Waals surface area (Å²) in [7, 11) is 4.31. The number of nitrogens with one attached hydrogen (secondary N) is 2. The Morgan fingerprint density at radius 3 is 2.47 bits per heavy atom. The van der Waals surface area contributed by atoms with Gasteiger partial charge in [0.25, 0.3) is 11.7 Å². The number of allylic oxidation sites excluding steroid dienone is 1. The molecule has 1 aromatic heterocycles. The smallest absolute Gasteiger partial charge is 0.378 e. The highest BCUT2D eigenvalue weighted by atomic mass is 35.5. The lowest BCUT2D eigenvalue weighted by Crippen LogP contribution is -2.31. The van der Waals surface area contributed by atoms with Crippen LogP contribution in [0.15, 0.2) is 53.7 Å². The Hall–Kier alpha value is -4.05. The van der Waals surface area contributed by atoms with Gasteiger partial charge in [-0.2, -0.15) is 4.98 Å². The summed E-state index contributed by atoms with van der Waals surface area (Å²) in [5.41, 5.74) is 2.02. The Morgan fingerprint density at radius 2 is 1.82 bits per heavy atom. The summed E-state index contributed by atoms with van der Waals surface area (Å²) >= 11 is 5.97. The van der Waals surface area contributed by atoms with E-state index in [9.17, 15) is 9.59 Å². The average Bonchev–Trinajstić information content (AvgIpc) is 3.27. The fourth-order valence-corrected chi connectivity index (χ4v) is 3.82. The van der Waals surface area contributed by atoms with Crippen LogP contribution in [0.2, 0.25) is 5.02 Å². The predicted molar refractivity (Wildman–Crippen MR) is 125 cm³/mol. The van der Waals surface area contributed by atoms with Gasteiger partial charge in [0.05, 0.1) is 26.9 Å². The molecule has 0 spiro atoms. The van der Waals surface area contributed by atoms with E-state index in [-0.39, 0.29) is 17.7 Å². The maximum Gasteiger partial charge on any atom is 0.378 e. The molecule has 0 fully saturated rings. The van der Waals surface area contributed by atoms with Crippen molar-refractivity contribution in [2.24, 2.45) is 0 Å². The van der Waals surface area contributed by atoms with Gasteiger partial charge in [0, 0.05) is 22.0 Å². The Balaban J connectivity index is 1.87. The summed E-state index contributed by atoms with van der Waals surface area (Å²) in [5.74, 6) is 0.0883. The number of anilines is 2. The molecule has 0 bridgehead atoms. The van der Waals surface area contributed by atoms with Crippen LogP contribution in [0.25, 0.3) is 0 Å². The monoisotopic (exact) mass is 483 g/mol. The van der Waals surface area contributed by atoms with Crippen LogP contribution < -0.4 is 20.1 Å². The molecule has 2 aromatic carbocycles. The molecule has 176 valence electrons. The number of amides is 1. The summed E-state index contributed by atoms with van der Waals surface area (Å²) in [5, 5.41) is 10.8. The largest absolute Gasteiger partial charge is 0.497 e. The van der Waals surface area contributed by atoms with Crippen molar-refractivity contribution in [1.29, 1.82) is 0 Å². The number of aromatic nitrogens is 3. The van der Waals surface area contributed by atoms with Crippen molar-refractivity contribution in [3.8, 4) is 11.5 Å². The van der Waals surface area contributed by atoms with E-state index < -0.39 is 12.0 Å². The van der Waals surface area contributed by atoms with Crippen LogP contribution in [-0.2, 0) is 9.53 Å². The standard InChI is InChI=1S/C23H22ClN5O5/c1-12-18(21(30)26-14-7-5-13(24)6-8-14)19(16-11-15(32-2)9-10-17(16)33-3)29-23(25-12)27-20(28-29)22(31)34-4/h5-11,19H,1-4H3,(H,26,30)(H,25,27,28). The first-order chi connectivity index (χ1) is 16.4. The Morgan fingerprint density at radius 1 is 1.09 bits per heavy atom. The second-order valence-electron chi connectivity index (χ2n) is 7.33. The predicted octanol–water partition coefficient (Wildman–Crippen LogP) is 3.66. The van der Waals surface area contributed by atoms with Gasteiger partial charge in [0.1, 0.15) is 17.5 Å². The van der Waals surface area contributed by atoms with Gasteiger partial charge in [-0.05, 0) is 49.4 Å². The van der Waals surface area contributed by atoms with Gasteiger partial charge in [-0.15, -0.1) is 5.10 Å². The van der Waals surface area contributed by atoms with Crippen LogP contribution in [0.4, 0.5) is 11.6 Å². The highest BCUT2D eigenvalue weighted by Gasteiger charge is 2.37. The van der Waals surface area contributed by atoms with Gasteiger partial charge in [0.15, 0.2) is 0 Å². The number of nitrogens with zero attached hydrogens (tertiary/aromatic N) is 3. The molecule has 0 saturated heterocycles. The SMILES string of the molecule is COC(=O)c1nc2n(n1)C(c1cc(OC)ccc1OC)C(C(=O)Nc1ccc(Cl)cc1)=C(C)N2.